The highest BCUT2D eigenvalue weighted by Gasteiger charge is 2.15. The van der Waals surface area contributed by atoms with E-state index < -0.39 is 6.04 Å². The van der Waals surface area contributed by atoms with Crippen LogP contribution in [0.15, 0.2) is 41.3 Å². The van der Waals surface area contributed by atoms with Gasteiger partial charge in [0, 0.05) is 22.8 Å². The highest BCUT2D eigenvalue weighted by atomic mass is 79.9. The van der Waals surface area contributed by atoms with Crippen LogP contribution < -0.4 is 10.5 Å². The van der Waals surface area contributed by atoms with Gasteiger partial charge in [-0.05, 0) is 24.3 Å². The number of benzene rings is 1. The minimum Gasteiger partial charge on any atom is -0.486 e. The molecule has 0 unspecified atom stereocenters. The topological polar surface area (TPSA) is 81.0 Å². The molecule has 0 amide bonds. The summed E-state index contributed by atoms with van der Waals surface area (Å²) in [7, 11) is 0. The number of imidazole rings is 1. The van der Waals surface area contributed by atoms with Gasteiger partial charge >= 0.3 is 0 Å². The molecule has 1 atom stereocenters. The smallest absolute Gasteiger partial charge is 0.187 e. The number of nitrogens with one attached hydrogen (secondary N) is 1. The predicted octanol–water partition coefficient (Wildman–Crippen LogP) is 2.11. The maximum absolute atomic E-state index is 11.8. The number of H-pyrrole nitrogens is 1. The van der Waals surface area contributed by atoms with Gasteiger partial charge < -0.3 is 15.5 Å². The lowest BCUT2D eigenvalue weighted by Crippen LogP contribution is -2.36. The number of halogens is 2. The fourth-order valence-electron chi connectivity index (χ4n) is 1.54. The third kappa shape index (κ3) is 4.96. The Morgan fingerprint density at radius 2 is 2.10 bits per heavy atom. The third-order valence-electron chi connectivity index (χ3n) is 2.60. The number of hydrogen-bond acceptors (Lipinski definition) is 4. The molecule has 0 saturated carbocycles. The maximum Gasteiger partial charge on any atom is 0.187 e. The van der Waals surface area contributed by atoms with Gasteiger partial charge in [0.1, 0.15) is 12.4 Å². The number of carbonyl (C=O) groups is 1. The summed E-state index contributed by atoms with van der Waals surface area (Å²) in [5.74, 6) is 0.503. The summed E-state index contributed by atoms with van der Waals surface area (Å²) in [6.45, 7) is -0.0308. The highest BCUT2D eigenvalue weighted by molar-refractivity contribution is 9.10. The van der Waals surface area contributed by atoms with E-state index in [2.05, 4.69) is 25.9 Å². The number of aromatic amines is 1. The number of ether oxygens (including phenoxy) is 1. The quantitative estimate of drug-likeness (QED) is 0.827. The number of nitrogens with zero attached hydrogens (tertiary/aromatic N) is 1. The maximum atomic E-state index is 11.8. The predicted molar refractivity (Wildman–Crippen MR) is 82.2 cm³/mol. The van der Waals surface area contributed by atoms with Gasteiger partial charge in [0.2, 0.25) is 0 Å². The van der Waals surface area contributed by atoms with E-state index in [0.29, 0.717) is 12.2 Å². The second-order valence-electron chi connectivity index (χ2n) is 4.10. The fraction of sp³-hybridized carbons (Fsp3) is 0.231. The number of aromatic nitrogens is 2. The summed E-state index contributed by atoms with van der Waals surface area (Å²) in [6.07, 6.45) is 3.65. The highest BCUT2D eigenvalue weighted by Crippen LogP contribution is 2.16. The van der Waals surface area contributed by atoms with Crippen LogP contribution in [0.5, 0.6) is 5.75 Å². The molecule has 0 aliphatic heterocycles. The van der Waals surface area contributed by atoms with Crippen LogP contribution in [0.2, 0.25) is 0 Å². The molecule has 7 heteroatoms. The van der Waals surface area contributed by atoms with E-state index in [1.165, 1.54) is 0 Å². The summed E-state index contributed by atoms with van der Waals surface area (Å²) in [5, 5.41) is 0. The van der Waals surface area contributed by atoms with Crippen molar-refractivity contribution in [1.82, 2.24) is 9.97 Å². The molecule has 108 valence electrons. The largest absolute Gasteiger partial charge is 0.486 e. The van der Waals surface area contributed by atoms with Gasteiger partial charge in [0.25, 0.3) is 0 Å². The van der Waals surface area contributed by atoms with E-state index >= 15 is 0 Å². The monoisotopic (exact) mass is 359 g/mol. The van der Waals surface area contributed by atoms with Crippen molar-refractivity contribution >= 4 is 34.1 Å². The van der Waals surface area contributed by atoms with Crippen LogP contribution in [0.4, 0.5) is 0 Å². The van der Waals surface area contributed by atoms with Crippen molar-refractivity contribution in [2.75, 3.05) is 6.61 Å². The summed E-state index contributed by atoms with van der Waals surface area (Å²) in [6, 6.07) is 6.69. The molecule has 5 nitrogen and oxygen atoms in total. The standard InChI is InChI=1S/C13H14BrN3O2.ClH/c14-9-1-3-11(4-2-9)19-7-13(18)12(15)5-10-6-16-8-17-10;/h1-4,6,8,12H,5,7,15H2,(H,16,17);1H/t12-;/m0./s1. The van der Waals surface area contributed by atoms with Crippen molar-refractivity contribution in [3.05, 3.63) is 47.0 Å². The fourth-order valence-corrected chi connectivity index (χ4v) is 1.80. The minimum absolute atomic E-state index is 0. The van der Waals surface area contributed by atoms with E-state index in [1.54, 1.807) is 24.7 Å². The van der Waals surface area contributed by atoms with E-state index in [1.807, 2.05) is 12.1 Å². The van der Waals surface area contributed by atoms with Crippen molar-refractivity contribution in [3.63, 3.8) is 0 Å². The Balaban J connectivity index is 0.00000200. The van der Waals surface area contributed by atoms with Gasteiger partial charge in [-0.3, -0.25) is 4.79 Å². The third-order valence-corrected chi connectivity index (χ3v) is 3.13. The molecule has 3 N–H and O–H groups in total. The normalized spacial score (nSPS) is 11.5. The van der Waals surface area contributed by atoms with E-state index in [-0.39, 0.29) is 24.8 Å². The van der Waals surface area contributed by atoms with Crippen molar-refractivity contribution < 1.29 is 9.53 Å². The molecule has 2 rings (SSSR count). The SMILES string of the molecule is Cl.N[C@@H](Cc1cnc[nH]1)C(=O)COc1ccc(Br)cc1. The van der Waals surface area contributed by atoms with Crippen LogP contribution >= 0.6 is 28.3 Å². The number of hydrogen-bond donors (Lipinski definition) is 2. The molecule has 0 saturated heterocycles. The second kappa shape index (κ2) is 8.04. The molecular weight excluding hydrogens is 346 g/mol. The summed E-state index contributed by atoms with van der Waals surface area (Å²) in [5.41, 5.74) is 6.65. The van der Waals surface area contributed by atoms with Crippen LogP contribution in [0.3, 0.4) is 0 Å². The van der Waals surface area contributed by atoms with E-state index in [9.17, 15) is 4.79 Å². The molecular formula is C13H15BrClN3O2. The average molecular weight is 361 g/mol. The van der Waals surface area contributed by atoms with Gasteiger partial charge in [-0.15, -0.1) is 12.4 Å². The van der Waals surface area contributed by atoms with Crippen molar-refractivity contribution in [1.29, 1.82) is 0 Å². The molecule has 0 radical (unpaired) electrons. The number of Topliss-reactive ketones (excluding diaryl/α,β-unsaturated/α-hetero) is 1. The van der Waals surface area contributed by atoms with Crippen molar-refractivity contribution in [3.8, 4) is 5.75 Å². The van der Waals surface area contributed by atoms with Gasteiger partial charge in [-0.2, -0.15) is 0 Å². The molecule has 1 aromatic heterocycles. The minimum atomic E-state index is -0.587. The zero-order chi connectivity index (χ0) is 13.7. The first kappa shape index (κ1) is 16.7. The molecule has 0 aliphatic rings. The van der Waals surface area contributed by atoms with Crippen LogP contribution in [0, 0.1) is 0 Å². The number of rotatable bonds is 6. The van der Waals surface area contributed by atoms with Crippen LogP contribution in [-0.4, -0.2) is 28.4 Å². The van der Waals surface area contributed by atoms with Crippen molar-refractivity contribution in [2.45, 2.75) is 12.5 Å². The zero-order valence-electron chi connectivity index (χ0n) is 10.6. The molecule has 0 fully saturated rings. The van der Waals surface area contributed by atoms with Crippen LogP contribution in [0.1, 0.15) is 5.69 Å². The molecule has 1 aromatic carbocycles. The Bertz CT molecular complexity index is 531. The summed E-state index contributed by atoms with van der Waals surface area (Å²) >= 11 is 3.33. The van der Waals surface area contributed by atoms with E-state index in [4.69, 9.17) is 10.5 Å². The lowest BCUT2D eigenvalue weighted by atomic mass is 10.1. The lowest BCUT2D eigenvalue weighted by molar-refractivity contribution is -0.122. The van der Waals surface area contributed by atoms with Gasteiger partial charge in [-0.25, -0.2) is 4.98 Å². The second-order valence-corrected chi connectivity index (χ2v) is 5.01. The average Bonchev–Trinajstić information content (AvgIpc) is 2.90. The Kier molecular flexibility index (Phi) is 6.70. The molecule has 0 spiro atoms. The lowest BCUT2D eigenvalue weighted by Gasteiger charge is -2.10. The van der Waals surface area contributed by atoms with Gasteiger partial charge in [0.15, 0.2) is 5.78 Å². The molecule has 20 heavy (non-hydrogen) atoms. The first-order valence-electron chi connectivity index (χ1n) is 5.79. The number of nitrogens with two attached hydrogens (primary N) is 1. The Labute approximate surface area is 131 Å². The van der Waals surface area contributed by atoms with Crippen LogP contribution in [0.25, 0.3) is 0 Å². The van der Waals surface area contributed by atoms with E-state index in [0.717, 1.165) is 10.2 Å². The Morgan fingerprint density at radius 3 is 2.70 bits per heavy atom. The van der Waals surface area contributed by atoms with Crippen LogP contribution in [-0.2, 0) is 11.2 Å². The molecule has 2 aromatic rings. The first-order chi connectivity index (χ1) is 9.15. The summed E-state index contributed by atoms with van der Waals surface area (Å²) < 4.78 is 6.35. The first-order valence-corrected chi connectivity index (χ1v) is 6.58. The number of ketones is 1. The van der Waals surface area contributed by atoms with Gasteiger partial charge in [0.05, 0.1) is 12.4 Å². The summed E-state index contributed by atoms with van der Waals surface area (Å²) in [4.78, 5) is 18.6. The van der Waals surface area contributed by atoms with Crippen molar-refractivity contribution in [2.24, 2.45) is 5.73 Å². The molecule has 0 aliphatic carbocycles. The Morgan fingerprint density at radius 1 is 1.40 bits per heavy atom. The molecule has 1 heterocycles. The van der Waals surface area contributed by atoms with Gasteiger partial charge in [-0.1, -0.05) is 15.9 Å². The Hall–Kier alpha value is -1.37. The molecule has 0 bridgehead atoms. The number of carbonyl (C=O) groups excluding carboxylic acids is 1. The zero-order valence-corrected chi connectivity index (χ0v) is 13.0.